The standard InChI is InChI=1S/C15H25NO2/c1-14(2,3)18-11-10-15(12-17,16-4)13-8-6-5-7-9-13/h5-9,16-17H,10-12H2,1-4H3. The van der Waals surface area contributed by atoms with E-state index in [1.807, 2.05) is 58.2 Å². The molecule has 0 spiro atoms. The lowest BCUT2D eigenvalue weighted by Gasteiger charge is -2.33. The monoisotopic (exact) mass is 251 g/mol. The number of aliphatic hydroxyl groups is 1. The molecule has 0 aromatic heterocycles. The molecule has 1 unspecified atom stereocenters. The Bertz CT molecular complexity index is 339. The highest BCUT2D eigenvalue weighted by Gasteiger charge is 2.29. The molecule has 1 rings (SSSR count). The van der Waals surface area contributed by atoms with Crippen LogP contribution in [0.5, 0.6) is 0 Å². The van der Waals surface area contributed by atoms with Crippen LogP contribution in [0.25, 0.3) is 0 Å². The SMILES string of the molecule is CNC(CO)(CCOC(C)(C)C)c1ccccc1. The Morgan fingerprint density at radius 2 is 1.78 bits per heavy atom. The Balaban J connectivity index is 2.76. The number of nitrogens with one attached hydrogen (secondary N) is 1. The molecule has 0 aliphatic rings. The van der Waals surface area contributed by atoms with Gasteiger partial charge in [0.2, 0.25) is 0 Å². The predicted octanol–water partition coefficient (Wildman–Crippen LogP) is 2.30. The van der Waals surface area contributed by atoms with Crippen LogP contribution in [0.15, 0.2) is 30.3 Å². The van der Waals surface area contributed by atoms with Crippen molar-refractivity contribution in [2.45, 2.75) is 38.3 Å². The van der Waals surface area contributed by atoms with Crippen LogP contribution in [-0.2, 0) is 10.3 Å². The summed E-state index contributed by atoms with van der Waals surface area (Å²) in [4.78, 5) is 0. The molecule has 0 saturated heterocycles. The molecule has 0 heterocycles. The average Bonchev–Trinajstić information content (AvgIpc) is 2.35. The number of hydrogen-bond donors (Lipinski definition) is 2. The second kappa shape index (κ2) is 6.32. The van der Waals surface area contributed by atoms with Crippen molar-refractivity contribution < 1.29 is 9.84 Å². The number of ether oxygens (including phenoxy) is 1. The van der Waals surface area contributed by atoms with Gasteiger partial charge in [-0.1, -0.05) is 30.3 Å². The van der Waals surface area contributed by atoms with E-state index in [0.29, 0.717) is 6.61 Å². The molecule has 1 aromatic rings. The average molecular weight is 251 g/mol. The van der Waals surface area contributed by atoms with Gasteiger partial charge in [0, 0.05) is 6.61 Å². The molecule has 3 nitrogen and oxygen atoms in total. The number of rotatable bonds is 6. The topological polar surface area (TPSA) is 41.5 Å². The van der Waals surface area contributed by atoms with E-state index in [1.165, 1.54) is 0 Å². The fraction of sp³-hybridized carbons (Fsp3) is 0.600. The Hall–Kier alpha value is -0.900. The molecular weight excluding hydrogens is 226 g/mol. The van der Waals surface area contributed by atoms with Gasteiger partial charge < -0.3 is 15.2 Å². The molecule has 2 N–H and O–H groups in total. The van der Waals surface area contributed by atoms with E-state index in [2.05, 4.69) is 5.32 Å². The van der Waals surface area contributed by atoms with Gasteiger partial charge in [-0.2, -0.15) is 0 Å². The largest absolute Gasteiger partial charge is 0.394 e. The molecule has 0 fully saturated rings. The lowest BCUT2D eigenvalue weighted by Crippen LogP contribution is -2.45. The molecule has 0 aliphatic heterocycles. The summed E-state index contributed by atoms with van der Waals surface area (Å²) in [5, 5.41) is 13.0. The molecular formula is C15H25NO2. The maximum atomic E-state index is 9.74. The molecule has 3 heteroatoms. The Kier molecular flexibility index (Phi) is 5.32. The molecule has 0 aliphatic carbocycles. The van der Waals surface area contributed by atoms with Gasteiger partial charge in [0.25, 0.3) is 0 Å². The summed E-state index contributed by atoms with van der Waals surface area (Å²) >= 11 is 0. The highest BCUT2D eigenvalue weighted by atomic mass is 16.5. The molecule has 0 bridgehead atoms. The van der Waals surface area contributed by atoms with Crippen molar-refractivity contribution in [2.75, 3.05) is 20.3 Å². The van der Waals surface area contributed by atoms with Crippen molar-refractivity contribution in [2.24, 2.45) is 0 Å². The molecule has 1 atom stereocenters. The van der Waals surface area contributed by atoms with Crippen molar-refractivity contribution in [1.82, 2.24) is 5.32 Å². The van der Waals surface area contributed by atoms with E-state index in [9.17, 15) is 5.11 Å². The molecule has 1 aromatic carbocycles. The van der Waals surface area contributed by atoms with Crippen molar-refractivity contribution in [3.63, 3.8) is 0 Å². The predicted molar refractivity (Wildman–Crippen MR) is 74.6 cm³/mol. The Morgan fingerprint density at radius 1 is 1.17 bits per heavy atom. The summed E-state index contributed by atoms with van der Waals surface area (Å²) in [5.41, 5.74) is 0.519. The zero-order chi connectivity index (χ0) is 13.6. The first-order valence-electron chi connectivity index (χ1n) is 6.43. The van der Waals surface area contributed by atoms with Crippen LogP contribution in [0.3, 0.4) is 0 Å². The number of hydrogen-bond acceptors (Lipinski definition) is 3. The first-order chi connectivity index (χ1) is 8.43. The summed E-state index contributed by atoms with van der Waals surface area (Å²) in [6.45, 7) is 6.78. The third-order valence-electron chi connectivity index (χ3n) is 3.14. The summed E-state index contributed by atoms with van der Waals surface area (Å²) in [6, 6.07) is 10.0. The minimum atomic E-state index is -0.424. The van der Waals surface area contributed by atoms with E-state index in [4.69, 9.17) is 4.74 Å². The highest BCUT2D eigenvalue weighted by molar-refractivity contribution is 5.24. The van der Waals surface area contributed by atoms with Crippen LogP contribution in [-0.4, -0.2) is 31.0 Å². The maximum Gasteiger partial charge on any atom is 0.0688 e. The molecule has 0 saturated carbocycles. The Labute approximate surface area is 110 Å². The van der Waals surface area contributed by atoms with Gasteiger partial charge in [-0.25, -0.2) is 0 Å². The van der Waals surface area contributed by atoms with E-state index < -0.39 is 5.54 Å². The van der Waals surface area contributed by atoms with Crippen molar-refractivity contribution >= 4 is 0 Å². The zero-order valence-electron chi connectivity index (χ0n) is 11.9. The summed E-state index contributed by atoms with van der Waals surface area (Å²) in [6.07, 6.45) is 0.737. The van der Waals surface area contributed by atoms with Crippen molar-refractivity contribution in [3.8, 4) is 0 Å². The highest BCUT2D eigenvalue weighted by Crippen LogP contribution is 2.25. The first kappa shape index (κ1) is 15.2. The van der Waals surface area contributed by atoms with Crippen LogP contribution in [0.1, 0.15) is 32.8 Å². The third kappa shape index (κ3) is 4.09. The van der Waals surface area contributed by atoms with Crippen LogP contribution in [0.4, 0.5) is 0 Å². The van der Waals surface area contributed by atoms with E-state index in [-0.39, 0.29) is 12.2 Å². The van der Waals surface area contributed by atoms with Crippen molar-refractivity contribution in [3.05, 3.63) is 35.9 Å². The number of aliphatic hydroxyl groups excluding tert-OH is 1. The number of benzene rings is 1. The minimum Gasteiger partial charge on any atom is -0.394 e. The quantitative estimate of drug-likeness (QED) is 0.815. The van der Waals surface area contributed by atoms with Gasteiger partial charge in [-0.05, 0) is 39.8 Å². The zero-order valence-corrected chi connectivity index (χ0v) is 11.9. The van der Waals surface area contributed by atoms with Gasteiger partial charge in [0.1, 0.15) is 0 Å². The lowest BCUT2D eigenvalue weighted by atomic mass is 9.88. The van der Waals surface area contributed by atoms with Gasteiger partial charge in [0.05, 0.1) is 17.7 Å². The normalized spacial score (nSPS) is 15.4. The van der Waals surface area contributed by atoms with Crippen molar-refractivity contribution in [1.29, 1.82) is 0 Å². The third-order valence-corrected chi connectivity index (χ3v) is 3.14. The van der Waals surface area contributed by atoms with Crippen LogP contribution in [0, 0.1) is 0 Å². The van der Waals surface area contributed by atoms with Gasteiger partial charge in [-0.15, -0.1) is 0 Å². The fourth-order valence-corrected chi connectivity index (χ4v) is 1.95. The smallest absolute Gasteiger partial charge is 0.0688 e. The summed E-state index contributed by atoms with van der Waals surface area (Å²) < 4.78 is 5.76. The molecule has 18 heavy (non-hydrogen) atoms. The van der Waals surface area contributed by atoms with E-state index in [1.54, 1.807) is 0 Å². The van der Waals surface area contributed by atoms with E-state index in [0.717, 1.165) is 12.0 Å². The summed E-state index contributed by atoms with van der Waals surface area (Å²) in [7, 11) is 1.88. The maximum absolute atomic E-state index is 9.74. The Morgan fingerprint density at radius 3 is 2.22 bits per heavy atom. The molecule has 0 radical (unpaired) electrons. The second-order valence-electron chi connectivity index (χ2n) is 5.57. The van der Waals surface area contributed by atoms with Crippen LogP contribution in [0.2, 0.25) is 0 Å². The van der Waals surface area contributed by atoms with Gasteiger partial charge in [-0.3, -0.25) is 0 Å². The summed E-state index contributed by atoms with van der Waals surface area (Å²) in [5.74, 6) is 0. The van der Waals surface area contributed by atoms with Gasteiger partial charge in [0.15, 0.2) is 0 Å². The molecule has 0 amide bonds. The van der Waals surface area contributed by atoms with Gasteiger partial charge >= 0.3 is 0 Å². The first-order valence-corrected chi connectivity index (χ1v) is 6.43. The minimum absolute atomic E-state index is 0.0566. The van der Waals surface area contributed by atoms with Crippen LogP contribution >= 0.6 is 0 Å². The number of likely N-dealkylation sites (N-methyl/N-ethyl adjacent to an activating group) is 1. The second-order valence-corrected chi connectivity index (χ2v) is 5.57. The van der Waals surface area contributed by atoms with E-state index >= 15 is 0 Å². The van der Waals surface area contributed by atoms with Crippen LogP contribution < -0.4 is 5.32 Å². The molecule has 102 valence electrons. The fourth-order valence-electron chi connectivity index (χ4n) is 1.95. The lowest BCUT2D eigenvalue weighted by molar-refractivity contribution is -0.0187.